The smallest absolute Gasteiger partial charge is 0.326 e. The molecule has 0 spiro atoms. The van der Waals surface area contributed by atoms with E-state index >= 15 is 0 Å². The molecular formula is C8H12N4O3. The summed E-state index contributed by atoms with van der Waals surface area (Å²) in [6, 6.07) is -0.812. The quantitative estimate of drug-likeness (QED) is 0.419. The van der Waals surface area contributed by atoms with E-state index in [-0.39, 0.29) is 24.8 Å². The van der Waals surface area contributed by atoms with Gasteiger partial charge in [-0.05, 0) is 18.4 Å². The van der Waals surface area contributed by atoms with Crippen molar-refractivity contribution in [2.75, 3.05) is 13.1 Å². The van der Waals surface area contributed by atoms with Crippen LogP contribution in [0.25, 0.3) is 10.4 Å². The van der Waals surface area contributed by atoms with E-state index in [0.717, 1.165) is 0 Å². The van der Waals surface area contributed by atoms with E-state index in [1.165, 1.54) is 11.8 Å². The van der Waals surface area contributed by atoms with Crippen molar-refractivity contribution < 1.29 is 14.7 Å². The summed E-state index contributed by atoms with van der Waals surface area (Å²) in [7, 11) is 0. The van der Waals surface area contributed by atoms with Gasteiger partial charge in [-0.1, -0.05) is 5.11 Å². The van der Waals surface area contributed by atoms with Crippen LogP contribution in [0.5, 0.6) is 0 Å². The normalized spacial score (nSPS) is 22.3. The molecule has 0 aliphatic carbocycles. The molecule has 1 aliphatic heterocycles. The number of carbonyl (C=O) groups is 2. The number of hydrogen-bond acceptors (Lipinski definition) is 3. The van der Waals surface area contributed by atoms with Gasteiger partial charge in [0.15, 0.2) is 0 Å². The van der Waals surface area contributed by atoms with Crippen molar-refractivity contribution in [2.24, 2.45) is 11.0 Å². The van der Waals surface area contributed by atoms with E-state index in [4.69, 9.17) is 10.6 Å². The Morgan fingerprint density at radius 3 is 3.07 bits per heavy atom. The van der Waals surface area contributed by atoms with Crippen LogP contribution in [0, 0.1) is 5.92 Å². The summed E-state index contributed by atoms with van der Waals surface area (Å²) in [5.41, 5.74) is 8.12. The third kappa shape index (κ3) is 2.60. The van der Waals surface area contributed by atoms with Gasteiger partial charge in [0.1, 0.15) is 6.04 Å². The summed E-state index contributed by atoms with van der Waals surface area (Å²) in [5.74, 6) is -1.27. The first kappa shape index (κ1) is 11.3. The Morgan fingerprint density at radius 1 is 1.87 bits per heavy atom. The number of rotatable bonds is 4. The maximum Gasteiger partial charge on any atom is 0.326 e. The second-order valence-electron chi connectivity index (χ2n) is 3.54. The minimum Gasteiger partial charge on any atom is -0.480 e. The van der Waals surface area contributed by atoms with E-state index in [0.29, 0.717) is 6.54 Å². The fourth-order valence-electron chi connectivity index (χ4n) is 1.59. The Hall–Kier alpha value is -1.75. The lowest BCUT2D eigenvalue weighted by Crippen LogP contribution is -2.40. The highest BCUT2D eigenvalue weighted by molar-refractivity contribution is 5.85. The first-order valence-corrected chi connectivity index (χ1v) is 4.59. The lowest BCUT2D eigenvalue weighted by atomic mass is 10.1. The predicted molar refractivity (Wildman–Crippen MR) is 50.9 cm³/mol. The number of azide groups is 1. The number of amides is 1. The lowest BCUT2D eigenvalue weighted by Gasteiger charge is -2.20. The molecule has 0 aromatic heterocycles. The van der Waals surface area contributed by atoms with Crippen LogP contribution in [0.15, 0.2) is 5.11 Å². The molecule has 2 atom stereocenters. The molecule has 1 fully saturated rings. The first-order chi connectivity index (χ1) is 7.06. The van der Waals surface area contributed by atoms with Crippen LogP contribution < -0.4 is 0 Å². The molecule has 0 saturated carbocycles. The molecule has 15 heavy (non-hydrogen) atoms. The van der Waals surface area contributed by atoms with Crippen molar-refractivity contribution in [2.45, 2.75) is 19.4 Å². The Balaban J connectivity index is 2.60. The van der Waals surface area contributed by atoms with Crippen LogP contribution in [0.1, 0.15) is 13.3 Å². The number of carboxylic acid groups (broad SMARTS) is 1. The van der Waals surface area contributed by atoms with Gasteiger partial charge >= 0.3 is 5.97 Å². The maximum atomic E-state index is 11.4. The van der Waals surface area contributed by atoms with Crippen LogP contribution in [-0.2, 0) is 9.59 Å². The highest BCUT2D eigenvalue weighted by Crippen LogP contribution is 2.20. The molecular weight excluding hydrogens is 200 g/mol. The Kier molecular flexibility index (Phi) is 3.51. The molecule has 1 N–H and O–H groups in total. The average Bonchev–Trinajstić information content (AvgIpc) is 2.55. The zero-order valence-electron chi connectivity index (χ0n) is 8.33. The van der Waals surface area contributed by atoms with E-state index in [9.17, 15) is 9.59 Å². The van der Waals surface area contributed by atoms with Crippen molar-refractivity contribution in [1.82, 2.24) is 4.90 Å². The van der Waals surface area contributed by atoms with Crippen LogP contribution in [0.3, 0.4) is 0 Å². The fourth-order valence-corrected chi connectivity index (χ4v) is 1.59. The summed E-state index contributed by atoms with van der Waals surface area (Å²) in [6.07, 6.45) is 0.261. The van der Waals surface area contributed by atoms with Gasteiger partial charge in [-0.2, -0.15) is 0 Å². The SMILES string of the molecule is C[C@@H](C(=O)O)N1CC(CN=[N+]=[N-])CC1=O. The summed E-state index contributed by atoms with van der Waals surface area (Å²) in [4.78, 5) is 26.0. The third-order valence-corrected chi connectivity index (χ3v) is 2.47. The molecule has 1 aliphatic rings. The van der Waals surface area contributed by atoms with Gasteiger partial charge in [0, 0.05) is 24.4 Å². The minimum atomic E-state index is -1.02. The molecule has 1 rings (SSSR count). The predicted octanol–water partition coefficient (Wildman–Crippen LogP) is 0.618. The molecule has 1 unspecified atom stereocenters. The Morgan fingerprint density at radius 2 is 2.53 bits per heavy atom. The van der Waals surface area contributed by atoms with Crippen molar-refractivity contribution in [1.29, 1.82) is 0 Å². The second-order valence-corrected chi connectivity index (χ2v) is 3.54. The van der Waals surface area contributed by atoms with Crippen LogP contribution in [-0.4, -0.2) is 41.0 Å². The van der Waals surface area contributed by atoms with Crippen LogP contribution in [0.4, 0.5) is 0 Å². The molecule has 0 radical (unpaired) electrons. The number of carboxylic acids is 1. The second kappa shape index (κ2) is 4.65. The van der Waals surface area contributed by atoms with Gasteiger partial charge in [0.05, 0.1) is 0 Å². The van der Waals surface area contributed by atoms with Gasteiger partial charge < -0.3 is 10.0 Å². The molecule has 1 saturated heterocycles. The monoisotopic (exact) mass is 212 g/mol. The molecule has 7 nitrogen and oxygen atoms in total. The summed E-state index contributed by atoms with van der Waals surface area (Å²) >= 11 is 0. The first-order valence-electron chi connectivity index (χ1n) is 4.59. The largest absolute Gasteiger partial charge is 0.480 e. The van der Waals surface area contributed by atoms with E-state index in [1.807, 2.05) is 0 Å². The molecule has 0 bridgehead atoms. The van der Waals surface area contributed by atoms with Crippen LogP contribution in [0.2, 0.25) is 0 Å². The van der Waals surface area contributed by atoms with Crippen molar-refractivity contribution in [3.8, 4) is 0 Å². The van der Waals surface area contributed by atoms with Gasteiger partial charge in [-0.25, -0.2) is 4.79 Å². The number of carbonyl (C=O) groups excluding carboxylic acids is 1. The number of hydrogen-bond donors (Lipinski definition) is 1. The molecule has 1 heterocycles. The molecule has 0 aromatic carbocycles. The lowest BCUT2D eigenvalue weighted by molar-refractivity contribution is -0.147. The Bertz CT molecular complexity index is 324. The van der Waals surface area contributed by atoms with E-state index < -0.39 is 12.0 Å². The molecule has 1 amide bonds. The number of aliphatic carboxylic acids is 1. The third-order valence-electron chi connectivity index (χ3n) is 2.47. The number of likely N-dealkylation sites (tertiary alicyclic amines) is 1. The molecule has 7 heteroatoms. The van der Waals surface area contributed by atoms with Gasteiger partial charge in [0.2, 0.25) is 5.91 Å². The fraction of sp³-hybridized carbons (Fsp3) is 0.750. The zero-order chi connectivity index (χ0) is 11.4. The van der Waals surface area contributed by atoms with Crippen LogP contribution >= 0.6 is 0 Å². The van der Waals surface area contributed by atoms with Gasteiger partial charge in [-0.15, -0.1) is 0 Å². The summed E-state index contributed by atoms with van der Waals surface area (Å²) in [6.45, 7) is 2.06. The Labute approximate surface area is 86.3 Å². The summed E-state index contributed by atoms with van der Waals surface area (Å²) < 4.78 is 0. The average molecular weight is 212 g/mol. The van der Waals surface area contributed by atoms with Crippen molar-refractivity contribution in [3.63, 3.8) is 0 Å². The highest BCUT2D eigenvalue weighted by Gasteiger charge is 2.34. The van der Waals surface area contributed by atoms with E-state index in [2.05, 4.69) is 10.0 Å². The van der Waals surface area contributed by atoms with Crippen molar-refractivity contribution in [3.05, 3.63) is 10.4 Å². The van der Waals surface area contributed by atoms with Gasteiger partial charge in [0.25, 0.3) is 0 Å². The topological polar surface area (TPSA) is 106 Å². The van der Waals surface area contributed by atoms with Gasteiger partial charge in [-0.3, -0.25) is 4.79 Å². The molecule has 82 valence electrons. The maximum absolute atomic E-state index is 11.4. The van der Waals surface area contributed by atoms with E-state index in [1.54, 1.807) is 0 Å². The van der Waals surface area contributed by atoms with Crippen molar-refractivity contribution >= 4 is 11.9 Å². The molecule has 0 aromatic rings. The highest BCUT2D eigenvalue weighted by atomic mass is 16.4. The standard InChI is InChI=1S/C8H12N4O3/c1-5(8(14)15)12-4-6(2-7(12)13)3-10-11-9/h5-6H,2-4H2,1H3,(H,14,15)/t5-,6?/m0/s1. The summed E-state index contributed by atoms with van der Waals surface area (Å²) in [5, 5.41) is 12.1. The number of nitrogens with zero attached hydrogens (tertiary/aromatic N) is 4. The minimum absolute atomic E-state index is 0.0600. The zero-order valence-corrected chi connectivity index (χ0v) is 8.33.